The number of carbonyl (C=O) groups is 1. The van der Waals surface area contributed by atoms with Gasteiger partial charge in [0.15, 0.2) is 5.76 Å². The van der Waals surface area contributed by atoms with Gasteiger partial charge in [-0.05, 0) is 31.4 Å². The Balaban J connectivity index is 1.98. The van der Waals surface area contributed by atoms with E-state index in [1.54, 1.807) is 18.0 Å². The second-order valence-corrected chi connectivity index (χ2v) is 4.66. The number of amides is 1. The van der Waals surface area contributed by atoms with Gasteiger partial charge in [-0.25, -0.2) is 0 Å². The fraction of sp³-hybridized carbons (Fsp3) is 0.400. The second kappa shape index (κ2) is 6.38. The minimum Gasteiger partial charge on any atom is -0.451 e. The predicted molar refractivity (Wildman–Crippen MR) is 74.1 cm³/mol. The average molecular weight is 261 g/mol. The molecule has 1 aromatic carbocycles. The molecule has 1 aromatic heterocycles. The Bertz CT molecular complexity index is 514. The van der Waals surface area contributed by atoms with Crippen LogP contribution in [-0.2, 0) is 0 Å². The van der Waals surface area contributed by atoms with E-state index in [2.05, 4.69) is 0 Å². The van der Waals surface area contributed by atoms with Crippen LogP contribution < -0.4 is 0 Å². The van der Waals surface area contributed by atoms with Crippen LogP contribution in [0.2, 0.25) is 0 Å². The average Bonchev–Trinajstić information content (AvgIpc) is 2.86. The number of carbonyl (C=O) groups excluding carboxylic acids is 1. The molecule has 0 bridgehead atoms. The van der Waals surface area contributed by atoms with Gasteiger partial charge in [0, 0.05) is 25.6 Å². The number of unbranched alkanes of at least 4 members (excludes halogenated alkanes) is 2. The normalized spacial score (nSPS) is 10.8. The van der Waals surface area contributed by atoms with Crippen molar-refractivity contribution in [3.8, 4) is 0 Å². The number of aliphatic hydroxyl groups excluding tert-OH is 1. The monoisotopic (exact) mass is 261 g/mol. The van der Waals surface area contributed by atoms with Gasteiger partial charge in [0.1, 0.15) is 5.58 Å². The third-order valence-electron chi connectivity index (χ3n) is 3.13. The highest BCUT2D eigenvalue weighted by Gasteiger charge is 2.16. The van der Waals surface area contributed by atoms with E-state index in [1.165, 1.54) is 0 Å². The van der Waals surface area contributed by atoms with E-state index in [4.69, 9.17) is 9.52 Å². The Kier molecular flexibility index (Phi) is 4.58. The smallest absolute Gasteiger partial charge is 0.289 e. The maximum atomic E-state index is 12.2. The van der Waals surface area contributed by atoms with E-state index in [0.717, 1.165) is 30.2 Å². The molecule has 19 heavy (non-hydrogen) atoms. The van der Waals surface area contributed by atoms with Crippen molar-refractivity contribution in [3.05, 3.63) is 36.1 Å². The maximum Gasteiger partial charge on any atom is 0.289 e. The third-order valence-corrected chi connectivity index (χ3v) is 3.13. The Labute approximate surface area is 112 Å². The summed E-state index contributed by atoms with van der Waals surface area (Å²) in [6, 6.07) is 9.37. The summed E-state index contributed by atoms with van der Waals surface area (Å²) in [5, 5.41) is 9.65. The first-order valence-corrected chi connectivity index (χ1v) is 6.57. The van der Waals surface area contributed by atoms with Crippen LogP contribution in [0.15, 0.2) is 34.7 Å². The summed E-state index contributed by atoms with van der Waals surface area (Å²) < 4.78 is 5.55. The van der Waals surface area contributed by atoms with Gasteiger partial charge >= 0.3 is 0 Å². The highest BCUT2D eigenvalue weighted by molar-refractivity contribution is 5.95. The molecule has 0 saturated heterocycles. The number of aliphatic hydroxyl groups is 1. The van der Waals surface area contributed by atoms with Gasteiger partial charge in [0.2, 0.25) is 0 Å². The molecule has 0 atom stereocenters. The molecule has 4 heteroatoms. The Morgan fingerprint density at radius 1 is 1.26 bits per heavy atom. The van der Waals surface area contributed by atoms with E-state index in [1.807, 2.05) is 24.3 Å². The largest absolute Gasteiger partial charge is 0.451 e. The number of hydrogen-bond acceptors (Lipinski definition) is 3. The molecule has 1 heterocycles. The maximum absolute atomic E-state index is 12.2. The number of nitrogens with zero attached hydrogens (tertiary/aromatic N) is 1. The lowest BCUT2D eigenvalue weighted by Crippen LogP contribution is -2.27. The first kappa shape index (κ1) is 13.6. The van der Waals surface area contributed by atoms with Gasteiger partial charge < -0.3 is 14.4 Å². The van der Waals surface area contributed by atoms with Crippen molar-refractivity contribution in [2.24, 2.45) is 0 Å². The van der Waals surface area contributed by atoms with Crippen LogP contribution in [0.3, 0.4) is 0 Å². The second-order valence-electron chi connectivity index (χ2n) is 4.66. The van der Waals surface area contributed by atoms with Crippen LogP contribution >= 0.6 is 0 Å². The lowest BCUT2D eigenvalue weighted by Gasteiger charge is -2.15. The highest BCUT2D eigenvalue weighted by atomic mass is 16.3. The fourth-order valence-corrected chi connectivity index (χ4v) is 2.01. The van der Waals surface area contributed by atoms with E-state index in [0.29, 0.717) is 12.3 Å². The molecule has 0 spiro atoms. The van der Waals surface area contributed by atoms with Crippen LogP contribution in [-0.4, -0.2) is 36.1 Å². The van der Waals surface area contributed by atoms with Crippen molar-refractivity contribution in [1.82, 2.24) is 4.90 Å². The molecule has 0 radical (unpaired) electrons. The van der Waals surface area contributed by atoms with E-state index in [9.17, 15) is 4.79 Å². The molecule has 0 aliphatic heterocycles. The zero-order valence-electron chi connectivity index (χ0n) is 11.1. The van der Waals surface area contributed by atoms with Gasteiger partial charge in [0.25, 0.3) is 5.91 Å². The van der Waals surface area contributed by atoms with Gasteiger partial charge in [-0.3, -0.25) is 4.79 Å². The van der Waals surface area contributed by atoms with Crippen LogP contribution in [0.1, 0.15) is 29.8 Å². The topological polar surface area (TPSA) is 53.7 Å². The summed E-state index contributed by atoms with van der Waals surface area (Å²) in [6.07, 6.45) is 2.60. The van der Waals surface area contributed by atoms with E-state index >= 15 is 0 Å². The molecule has 0 saturated carbocycles. The predicted octanol–water partition coefficient (Wildman–Crippen LogP) is 2.67. The zero-order valence-corrected chi connectivity index (χ0v) is 11.1. The molecule has 0 unspecified atom stereocenters. The lowest BCUT2D eigenvalue weighted by molar-refractivity contribution is 0.0763. The van der Waals surface area contributed by atoms with Crippen molar-refractivity contribution in [2.75, 3.05) is 20.2 Å². The quantitative estimate of drug-likeness (QED) is 0.813. The minimum absolute atomic E-state index is 0.0970. The first-order chi connectivity index (χ1) is 9.22. The Hall–Kier alpha value is -1.81. The summed E-state index contributed by atoms with van der Waals surface area (Å²) in [5.41, 5.74) is 0.736. The van der Waals surface area contributed by atoms with Crippen molar-refractivity contribution < 1.29 is 14.3 Å². The number of hydrogen-bond donors (Lipinski definition) is 1. The molecule has 0 aliphatic rings. The summed E-state index contributed by atoms with van der Waals surface area (Å²) in [6.45, 7) is 0.886. The van der Waals surface area contributed by atoms with Gasteiger partial charge in [-0.2, -0.15) is 0 Å². The number of fused-ring (bicyclic) bond motifs is 1. The van der Waals surface area contributed by atoms with Crippen LogP contribution in [0, 0.1) is 0 Å². The summed E-state index contributed by atoms with van der Waals surface area (Å²) in [7, 11) is 1.77. The SMILES string of the molecule is CN(CCCCCO)C(=O)c1cc2ccccc2o1. The minimum atomic E-state index is -0.0970. The molecule has 0 fully saturated rings. The molecule has 0 aliphatic carbocycles. The molecule has 1 N–H and O–H groups in total. The number of para-hydroxylation sites is 1. The zero-order chi connectivity index (χ0) is 13.7. The van der Waals surface area contributed by atoms with Crippen molar-refractivity contribution in [3.63, 3.8) is 0 Å². The van der Waals surface area contributed by atoms with Crippen LogP contribution in [0.25, 0.3) is 11.0 Å². The van der Waals surface area contributed by atoms with Crippen molar-refractivity contribution >= 4 is 16.9 Å². The molecule has 2 aromatic rings. The molecule has 102 valence electrons. The Morgan fingerprint density at radius 3 is 2.79 bits per heavy atom. The highest BCUT2D eigenvalue weighted by Crippen LogP contribution is 2.19. The van der Waals surface area contributed by atoms with E-state index < -0.39 is 0 Å². The first-order valence-electron chi connectivity index (χ1n) is 6.57. The fourth-order valence-electron chi connectivity index (χ4n) is 2.01. The lowest BCUT2D eigenvalue weighted by atomic mass is 10.2. The standard InChI is InChI=1S/C15H19NO3/c1-16(9-5-2-6-10-17)15(18)14-11-12-7-3-4-8-13(12)19-14/h3-4,7-8,11,17H,2,5-6,9-10H2,1H3. The number of benzene rings is 1. The molecule has 1 amide bonds. The van der Waals surface area contributed by atoms with E-state index in [-0.39, 0.29) is 12.5 Å². The van der Waals surface area contributed by atoms with Crippen LogP contribution in [0.4, 0.5) is 0 Å². The number of rotatable bonds is 6. The van der Waals surface area contributed by atoms with Crippen molar-refractivity contribution in [2.45, 2.75) is 19.3 Å². The van der Waals surface area contributed by atoms with Gasteiger partial charge in [-0.15, -0.1) is 0 Å². The Morgan fingerprint density at radius 2 is 2.05 bits per heavy atom. The summed E-state index contributed by atoms with van der Waals surface area (Å²) >= 11 is 0. The third kappa shape index (κ3) is 3.35. The van der Waals surface area contributed by atoms with Gasteiger partial charge in [0.05, 0.1) is 0 Å². The molecule has 4 nitrogen and oxygen atoms in total. The summed E-state index contributed by atoms with van der Waals surface area (Å²) in [5.74, 6) is 0.283. The molecular formula is C15H19NO3. The van der Waals surface area contributed by atoms with Gasteiger partial charge in [-0.1, -0.05) is 18.2 Å². The molecule has 2 rings (SSSR count). The summed E-state index contributed by atoms with van der Waals surface area (Å²) in [4.78, 5) is 13.8. The number of furan rings is 1. The van der Waals surface area contributed by atoms with Crippen molar-refractivity contribution in [1.29, 1.82) is 0 Å². The van der Waals surface area contributed by atoms with Crippen LogP contribution in [0.5, 0.6) is 0 Å². The molecular weight excluding hydrogens is 242 g/mol.